The van der Waals surface area contributed by atoms with E-state index >= 15 is 0 Å². The zero-order valence-corrected chi connectivity index (χ0v) is 12.2. The Bertz CT molecular complexity index is 519. The van der Waals surface area contributed by atoms with Gasteiger partial charge in [0.05, 0.1) is 12.6 Å². The Balaban J connectivity index is 1.89. The number of hydrogen-bond donors (Lipinski definition) is 2. The highest BCUT2D eigenvalue weighted by atomic mass is 16.5. The van der Waals surface area contributed by atoms with Crippen LogP contribution in [0.5, 0.6) is 5.75 Å². The number of carbonyl (C=O) groups is 2. The number of benzene rings is 1. The van der Waals surface area contributed by atoms with Crippen molar-refractivity contribution in [2.45, 2.75) is 25.9 Å². The minimum absolute atomic E-state index is 0.223. The minimum atomic E-state index is -0.262. The van der Waals surface area contributed by atoms with Gasteiger partial charge in [0, 0.05) is 13.1 Å². The number of piperazine rings is 1. The van der Waals surface area contributed by atoms with Crippen LogP contribution in [-0.4, -0.2) is 42.5 Å². The third-order valence-corrected chi connectivity index (χ3v) is 3.52. The Morgan fingerprint density at radius 2 is 2.24 bits per heavy atom. The van der Waals surface area contributed by atoms with E-state index in [4.69, 9.17) is 10.5 Å². The number of nitrogens with two attached hydrogens (primary N) is 1. The second kappa shape index (κ2) is 7.19. The van der Waals surface area contributed by atoms with Crippen LogP contribution in [0.2, 0.25) is 0 Å². The van der Waals surface area contributed by atoms with E-state index in [0.717, 1.165) is 11.3 Å². The summed E-state index contributed by atoms with van der Waals surface area (Å²) in [6, 6.07) is 7.33. The topological polar surface area (TPSA) is 84.7 Å². The number of nitrogens with one attached hydrogen (secondary N) is 1. The lowest BCUT2D eigenvalue weighted by Gasteiger charge is -2.33. The Morgan fingerprint density at radius 3 is 2.95 bits per heavy atom. The van der Waals surface area contributed by atoms with Crippen molar-refractivity contribution in [3.63, 3.8) is 0 Å². The standard InChI is InChI=1S/C15H21N3O3/c1-2-13-15(20)17-14(19)10-18(13)6-7-21-12-5-3-4-11(8-12)9-16/h3-5,8,13H,2,6-7,9-10,16H2,1H3,(H,17,19,20). The molecule has 0 saturated carbocycles. The van der Waals surface area contributed by atoms with Gasteiger partial charge >= 0.3 is 0 Å². The van der Waals surface area contributed by atoms with Crippen molar-refractivity contribution in [3.05, 3.63) is 29.8 Å². The molecule has 1 aliphatic rings. The van der Waals surface area contributed by atoms with E-state index in [-0.39, 0.29) is 24.4 Å². The molecule has 1 atom stereocenters. The van der Waals surface area contributed by atoms with Gasteiger partial charge in [0.2, 0.25) is 11.8 Å². The molecular formula is C15H21N3O3. The van der Waals surface area contributed by atoms with E-state index in [1.54, 1.807) is 0 Å². The molecule has 1 unspecified atom stereocenters. The Kier molecular flexibility index (Phi) is 5.30. The van der Waals surface area contributed by atoms with E-state index in [0.29, 0.717) is 26.1 Å². The molecule has 0 bridgehead atoms. The fourth-order valence-corrected chi connectivity index (χ4v) is 2.44. The minimum Gasteiger partial charge on any atom is -0.492 e. The van der Waals surface area contributed by atoms with Gasteiger partial charge in [-0.05, 0) is 24.1 Å². The summed E-state index contributed by atoms with van der Waals surface area (Å²) < 4.78 is 5.67. The van der Waals surface area contributed by atoms with Crippen LogP contribution >= 0.6 is 0 Å². The summed E-state index contributed by atoms with van der Waals surface area (Å²) >= 11 is 0. The molecule has 3 N–H and O–H groups in total. The predicted molar refractivity (Wildman–Crippen MR) is 78.6 cm³/mol. The van der Waals surface area contributed by atoms with Crippen LogP contribution < -0.4 is 15.8 Å². The summed E-state index contributed by atoms with van der Waals surface area (Å²) in [6.45, 7) is 3.58. The first kappa shape index (κ1) is 15.5. The van der Waals surface area contributed by atoms with E-state index in [1.807, 2.05) is 36.1 Å². The Hall–Kier alpha value is -1.92. The van der Waals surface area contributed by atoms with Crippen molar-refractivity contribution in [1.82, 2.24) is 10.2 Å². The van der Waals surface area contributed by atoms with E-state index < -0.39 is 0 Å². The quantitative estimate of drug-likeness (QED) is 0.735. The van der Waals surface area contributed by atoms with Crippen LogP contribution in [0.25, 0.3) is 0 Å². The van der Waals surface area contributed by atoms with Crippen molar-refractivity contribution in [3.8, 4) is 5.75 Å². The summed E-state index contributed by atoms with van der Waals surface area (Å²) in [6.07, 6.45) is 0.668. The molecule has 6 heteroatoms. The number of imide groups is 1. The highest BCUT2D eigenvalue weighted by molar-refractivity contribution is 6.01. The maximum atomic E-state index is 11.7. The second-order valence-electron chi connectivity index (χ2n) is 5.01. The zero-order chi connectivity index (χ0) is 15.2. The molecule has 6 nitrogen and oxygen atoms in total. The number of nitrogens with zero attached hydrogens (tertiary/aromatic N) is 1. The molecule has 2 rings (SSSR count). The van der Waals surface area contributed by atoms with Gasteiger partial charge < -0.3 is 10.5 Å². The van der Waals surface area contributed by atoms with Crippen LogP contribution in [0.1, 0.15) is 18.9 Å². The van der Waals surface area contributed by atoms with Gasteiger partial charge in [0.15, 0.2) is 0 Å². The third-order valence-electron chi connectivity index (χ3n) is 3.52. The largest absolute Gasteiger partial charge is 0.492 e. The Labute approximate surface area is 124 Å². The molecule has 1 aliphatic heterocycles. The number of ether oxygens (including phenoxy) is 1. The summed E-state index contributed by atoms with van der Waals surface area (Å²) in [4.78, 5) is 25.0. The van der Waals surface area contributed by atoms with Gasteiger partial charge in [-0.2, -0.15) is 0 Å². The molecule has 0 aromatic heterocycles. The normalized spacial score (nSPS) is 19.4. The molecule has 1 aromatic carbocycles. The molecule has 1 aromatic rings. The van der Waals surface area contributed by atoms with Gasteiger partial charge in [0.1, 0.15) is 12.4 Å². The first-order valence-corrected chi connectivity index (χ1v) is 7.13. The maximum Gasteiger partial charge on any atom is 0.243 e. The van der Waals surface area contributed by atoms with Crippen LogP contribution in [-0.2, 0) is 16.1 Å². The molecule has 1 heterocycles. The molecular weight excluding hydrogens is 270 g/mol. The smallest absolute Gasteiger partial charge is 0.243 e. The molecule has 114 valence electrons. The number of carbonyl (C=O) groups excluding carboxylic acids is 2. The van der Waals surface area contributed by atoms with Gasteiger partial charge in [-0.15, -0.1) is 0 Å². The van der Waals surface area contributed by atoms with E-state index in [2.05, 4.69) is 5.32 Å². The van der Waals surface area contributed by atoms with Gasteiger partial charge in [-0.1, -0.05) is 19.1 Å². The maximum absolute atomic E-state index is 11.7. The van der Waals surface area contributed by atoms with Crippen LogP contribution in [0.4, 0.5) is 0 Å². The predicted octanol–water partition coefficient (Wildman–Crippen LogP) is 0.261. The van der Waals surface area contributed by atoms with Crippen LogP contribution in [0, 0.1) is 0 Å². The van der Waals surface area contributed by atoms with Crippen LogP contribution in [0.3, 0.4) is 0 Å². The number of hydrogen-bond acceptors (Lipinski definition) is 5. The third kappa shape index (κ3) is 4.03. The monoisotopic (exact) mass is 291 g/mol. The second-order valence-corrected chi connectivity index (χ2v) is 5.01. The summed E-state index contributed by atoms with van der Waals surface area (Å²) in [7, 11) is 0. The number of amides is 2. The zero-order valence-electron chi connectivity index (χ0n) is 12.2. The fraction of sp³-hybridized carbons (Fsp3) is 0.467. The van der Waals surface area contributed by atoms with Crippen molar-refractivity contribution < 1.29 is 14.3 Å². The molecule has 21 heavy (non-hydrogen) atoms. The van der Waals surface area contributed by atoms with Gasteiger partial charge in [0.25, 0.3) is 0 Å². The fourth-order valence-electron chi connectivity index (χ4n) is 2.44. The first-order chi connectivity index (χ1) is 10.1. The lowest BCUT2D eigenvalue weighted by molar-refractivity contribution is -0.140. The molecule has 1 fully saturated rings. The van der Waals surface area contributed by atoms with E-state index in [9.17, 15) is 9.59 Å². The molecule has 0 aliphatic carbocycles. The molecule has 0 spiro atoms. The van der Waals surface area contributed by atoms with Crippen molar-refractivity contribution in [2.24, 2.45) is 5.73 Å². The highest BCUT2D eigenvalue weighted by Crippen LogP contribution is 2.14. The Morgan fingerprint density at radius 1 is 1.43 bits per heavy atom. The average molecular weight is 291 g/mol. The van der Waals surface area contributed by atoms with Crippen molar-refractivity contribution >= 4 is 11.8 Å². The molecule has 0 radical (unpaired) electrons. The van der Waals surface area contributed by atoms with Crippen molar-refractivity contribution in [2.75, 3.05) is 19.7 Å². The highest BCUT2D eigenvalue weighted by Gasteiger charge is 2.31. The molecule has 1 saturated heterocycles. The summed E-state index contributed by atoms with van der Waals surface area (Å²) in [5.41, 5.74) is 6.59. The SMILES string of the molecule is CCC1C(=O)NC(=O)CN1CCOc1cccc(CN)c1. The number of rotatable bonds is 6. The summed E-state index contributed by atoms with van der Waals surface area (Å²) in [5, 5.41) is 2.36. The average Bonchev–Trinajstić information content (AvgIpc) is 2.47. The van der Waals surface area contributed by atoms with E-state index in [1.165, 1.54) is 0 Å². The first-order valence-electron chi connectivity index (χ1n) is 7.13. The van der Waals surface area contributed by atoms with Gasteiger partial charge in [-0.3, -0.25) is 19.8 Å². The van der Waals surface area contributed by atoms with Crippen LogP contribution in [0.15, 0.2) is 24.3 Å². The summed E-state index contributed by atoms with van der Waals surface area (Å²) in [5.74, 6) is 0.271. The lowest BCUT2D eigenvalue weighted by atomic mass is 10.1. The molecule has 2 amide bonds. The van der Waals surface area contributed by atoms with Gasteiger partial charge in [-0.25, -0.2) is 0 Å². The van der Waals surface area contributed by atoms with Crippen molar-refractivity contribution in [1.29, 1.82) is 0 Å². The lowest BCUT2D eigenvalue weighted by Crippen LogP contribution is -2.58.